The van der Waals surface area contributed by atoms with Gasteiger partial charge in [-0.1, -0.05) is 11.6 Å². The van der Waals surface area contributed by atoms with Crippen LogP contribution in [-0.2, 0) is 0 Å². The molecule has 15 heavy (non-hydrogen) atoms. The maximum Gasteiger partial charge on any atom is 0.321 e. The molecular weight excluding hydrogens is 279 g/mol. The van der Waals surface area contributed by atoms with E-state index < -0.39 is 0 Å². The number of ether oxygens (including phenoxy) is 1. The van der Waals surface area contributed by atoms with Gasteiger partial charge in [0.05, 0.1) is 4.47 Å². The Bertz CT molecular complexity index is 400. The van der Waals surface area contributed by atoms with E-state index in [1.54, 1.807) is 36.7 Å². The van der Waals surface area contributed by atoms with Gasteiger partial charge in [-0.15, -0.1) is 0 Å². The van der Waals surface area contributed by atoms with E-state index in [1.165, 1.54) is 0 Å². The van der Waals surface area contributed by atoms with Crippen molar-refractivity contribution >= 4 is 27.5 Å². The summed E-state index contributed by atoms with van der Waals surface area (Å²) in [5.74, 6) is 0.654. The van der Waals surface area contributed by atoms with E-state index in [0.29, 0.717) is 16.8 Å². The second kappa shape index (κ2) is 4.59. The first-order chi connectivity index (χ1) is 7.24. The lowest BCUT2D eigenvalue weighted by Gasteiger charge is -2.02. The van der Waals surface area contributed by atoms with Crippen molar-refractivity contribution in [2.45, 2.75) is 0 Å². The Balaban J connectivity index is 2.15. The maximum absolute atomic E-state index is 5.74. The molecule has 0 atom stereocenters. The number of rotatable bonds is 2. The van der Waals surface area contributed by atoms with Crippen molar-refractivity contribution in [3.05, 3.63) is 46.2 Å². The first kappa shape index (κ1) is 10.4. The van der Waals surface area contributed by atoms with Gasteiger partial charge in [-0.2, -0.15) is 0 Å². The zero-order valence-electron chi connectivity index (χ0n) is 7.52. The van der Waals surface area contributed by atoms with Crippen LogP contribution in [0.2, 0.25) is 5.02 Å². The third kappa shape index (κ3) is 2.91. The van der Waals surface area contributed by atoms with Crippen molar-refractivity contribution in [2.24, 2.45) is 0 Å². The van der Waals surface area contributed by atoms with Gasteiger partial charge >= 0.3 is 6.01 Å². The van der Waals surface area contributed by atoms with Crippen LogP contribution in [-0.4, -0.2) is 9.97 Å². The van der Waals surface area contributed by atoms with Crippen molar-refractivity contribution in [3.63, 3.8) is 0 Å². The summed E-state index contributed by atoms with van der Waals surface area (Å²) in [6, 6.07) is 7.31. The highest BCUT2D eigenvalue weighted by Crippen LogP contribution is 2.20. The monoisotopic (exact) mass is 284 g/mol. The van der Waals surface area contributed by atoms with Crippen molar-refractivity contribution < 1.29 is 4.74 Å². The highest BCUT2D eigenvalue weighted by atomic mass is 79.9. The Kier molecular flexibility index (Phi) is 3.18. The molecule has 3 nitrogen and oxygen atoms in total. The minimum atomic E-state index is 0.306. The second-order valence-electron chi connectivity index (χ2n) is 2.74. The molecule has 2 aromatic rings. The van der Waals surface area contributed by atoms with Crippen LogP contribution in [0.4, 0.5) is 0 Å². The van der Waals surface area contributed by atoms with Crippen LogP contribution in [0.25, 0.3) is 0 Å². The number of nitrogens with zero attached hydrogens (tertiary/aromatic N) is 2. The van der Waals surface area contributed by atoms with E-state index in [0.717, 1.165) is 4.47 Å². The van der Waals surface area contributed by atoms with Gasteiger partial charge in [0.2, 0.25) is 0 Å². The van der Waals surface area contributed by atoms with Crippen LogP contribution < -0.4 is 4.74 Å². The van der Waals surface area contributed by atoms with Crippen LogP contribution in [0.5, 0.6) is 11.8 Å². The lowest BCUT2D eigenvalue weighted by molar-refractivity contribution is 0.441. The molecule has 1 heterocycles. The molecule has 76 valence electrons. The normalized spacial score (nSPS) is 10.0. The van der Waals surface area contributed by atoms with Crippen molar-refractivity contribution in [1.29, 1.82) is 0 Å². The highest BCUT2D eigenvalue weighted by Gasteiger charge is 1.99. The lowest BCUT2D eigenvalue weighted by Crippen LogP contribution is -1.90. The van der Waals surface area contributed by atoms with Crippen LogP contribution >= 0.6 is 27.5 Å². The molecule has 0 aliphatic rings. The number of aromatic nitrogens is 2. The average molecular weight is 286 g/mol. The van der Waals surface area contributed by atoms with Gasteiger partial charge in [0.1, 0.15) is 5.75 Å². The first-order valence-electron chi connectivity index (χ1n) is 4.15. The largest absolute Gasteiger partial charge is 0.424 e. The fraction of sp³-hybridized carbons (Fsp3) is 0. The average Bonchev–Trinajstić information content (AvgIpc) is 2.25. The topological polar surface area (TPSA) is 35.0 Å². The smallest absolute Gasteiger partial charge is 0.321 e. The van der Waals surface area contributed by atoms with Crippen molar-refractivity contribution in [2.75, 3.05) is 0 Å². The Hall–Kier alpha value is -1.13. The molecule has 2 rings (SSSR count). The SMILES string of the molecule is Clc1ccc(Oc2ncc(Br)cn2)cc1. The molecule has 1 aromatic heterocycles. The predicted octanol–water partition coefficient (Wildman–Crippen LogP) is 3.68. The Morgan fingerprint density at radius 3 is 2.27 bits per heavy atom. The zero-order valence-corrected chi connectivity index (χ0v) is 9.86. The first-order valence-corrected chi connectivity index (χ1v) is 5.32. The van der Waals surface area contributed by atoms with E-state index in [4.69, 9.17) is 16.3 Å². The Morgan fingerprint density at radius 1 is 1.07 bits per heavy atom. The van der Waals surface area contributed by atoms with E-state index >= 15 is 0 Å². The third-order valence-corrected chi connectivity index (χ3v) is 2.28. The summed E-state index contributed by atoms with van der Waals surface area (Å²) < 4.78 is 6.20. The standard InChI is InChI=1S/C10H6BrClN2O/c11-7-5-13-10(14-6-7)15-9-3-1-8(12)2-4-9/h1-6H. The summed E-state index contributed by atoms with van der Waals surface area (Å²) >= 11 is 8.98. The molecule has 0 radical (unpaired) electrons. The Morgan fingerprint density at radius 2 is 1.67 bits per heavy atom. The zero-order chi connectivity index (χ0) is 10.7. The molecule has 0 saturated heterocycles. The number of halogens is 2. The summed E-state index contributed by atoms with van der Waals surface area (Å²) in [5.41, 5.74) is 0. The van der Waals surface area contributed by atoms with E-state index in [-0.39, 0.29) is 0 Å². The van der Waals surface area contributed by atoms with Gasteiger partial charge in [-0.05, 0) is 40.2 Å². The molecular formula is C10H6BrClN2O. The second-order valence-corrected chi connectivity index (χ2v) is 4.09. The van der Waals surface area contributed by atoms with Crippen LogP contribution in [0.3, 0.4) is 0 Å². The number of hydrogen-bond acceptors (Lipinski definition) is 3. The maximum atomic E-state index is 5.74. The van der Waals surface area contributed by atoms with E-state index in [2.05, 4.69) is 25.9 Å². The third-order valence-electron chi connectivity index (χ3n) is 1.62. The van der Waals surface area contributed by atoms with Gasteiger partial charge in [0.25, 0.3) is 0 Å². The fourth-order valence-corrected chi connectivity index (χ4v) is 1.29. The fourth-order valence-electron chi connectivity index (χ4n) is 0.961. The summed E-state index contributed by atoms with van der Waals surface area (Å²) in [4.78, 5) is 7.97. The van der Waals surface area contributed by atoms with Gasteiger partial charge < -0.3 is 4.74 Å². The molecule has 0 spiro atoms. The predicted molar refractivity (Wildman–Crippen MR) is 61.3 cm³/mol. The summed E-state index contributed by atoms with van der Waals surface area (Å²) in [6.07, 6.45) is 3.25. The van der Waals surface area contributed by atoms with Crippen molar-refractivity contribution in [1.82, 2.24) is 9.97 Å². The molecule has 1 aromatic carbocycles. The minimum absolute atomic E-state index is 0.306. The van der Waals surface area contributed by atoms with Crippen molar-refractivity contribution in [3.8, 4) is 11.8 Å². The molecule has 0 unspecified atom stereocenters. The highest BCUT2D eigenvalue weighted by molar-refractivity contribution is 9.10. The molecule has 0 N–H and O–H groups in total. The van der Waals surface area contributed by atoms with Gasteiger partial charge in [0.15, 0.2) is 0 Å². The van der Waals surface area contributed by atoms with Crippen LogP contribution in [0.15, 0.2) is 41.1 Å². The molecule has 0 bridgehead atoms. The van der Waals surface area contributed by atoms with Gasteiger partial charge in [-0.3, -0.25) is 0 Å². The minimum Gasteiger partial charge on any atom is -0.424 e. The molecule has 0 fully saturated rings. The molecule has 0 aliphatic carbocycles. The molecule has 5 heteroatoms. The quantitative estimate of drug-likeness (QED) is 0.844. The summed E-state index contributed by atoms with van der Waals surface area (Å²) in [6.45, 7) is 0. The van der Waals surface area contributed by atoms with Gasteiger partial charge in [0, 0.05) is 17.4 Å². The van der Waals surface area contributed by atoms with E-state index in [1.807, 2.05) is 0 Å². The van der Waals surface area contributed by atoms with Crippen LogP contribution in [0.1, 0.15) is 0 Å². The van der Waals surface area contributed by atoms with E-state index in [9.17, 15) is 0 Å². The van der Waals surface area contributed by atoms with Gasteiger partial charge in [-0.25, -0.2) is 9.97 Å². The summed E-state index contributed by atoms with van der Waals surface area (Å²) in [7, 11) is 0. The number of benzene rings is 1. The lowest BCUT2D eigenvalue weighted by atomic mass is 10.3. The van der Waals surface area contributed by atoms with Crippen LogP contribution in [0, 0.1) is 0 Å². The number of hydrogen-bond donors (Lipinski definition) is 0. The molecule has 0 aliphatic heterocycles. The molecule has 0 saturated carbocycles. The summed E-state index contributed by atoms with van der Waals surface area (Å²) in [5, 5.41) is 0.666. The molecule has 0 amide bonds. The Labute approximate surface area is 100 Å².